The summed E-state index contributed by atoms with van der Waals surface area (Å²) in [5, 5.41) is 24.8. The molecule has 6 rings (SSSR count). The van der Waals surface area contributed by atoms with Crippen LogP contribution in [0.1, 0.15) is 89.0 Å². The number of hydrogen-bond donors (Lipinski definition) is 8. The first kappa shape index (κ1) is 48.6. The summed E-state index contributed by atoms with van der Waals surface area (Å²) in [5.41, 5.74) is 7.55. The van der Waals surface area contributed by atoms with Crippen LogP contribution in [-0.4, -0.2) is 100 Å². The Morgan fingerprint density at radius 2 is 1.70 bits per heavy atom. The van der Waals surface area contributed by atoms with E-state index in [1.54, 1.807) is 0 Å². The van der Waals surface area contributed by atoms with Gasteiger partial charge in [0, 0.05) is 48.3 Å². The molecule has 0 spiro atoms. The number of nitrogens with zero attached hydrogens (tertiary/aromatic N) is 4. The van der Waals surface area contributed by atoms with Crippen LogP contribution >= 0.6 is 23.5 Å². The van der Waals surface area contributed by atoms with E-state index in [4.69, 9.17) is 19.4 Å². The van der Waals surface area contributed by atoms with E-state index < -0.39 is 72.4 Å². The number of carbonyl (C=O) groups is 1. The van der Waals surface area contributed by atoms with Crippen LogP contribution in [0.5, 0.6) is 0 Å². The molecule has 0 aliphatic carbocycles. The van der Waals surface area contributed by atoms with Gasteiger partial charge in [0.15, 0.2) is 17.4 Å². The minimum absolute atomic E-state index is 0.117. The topological polar surface area (TPSA) is 351 Å². The Kier molecular flexibility index (Phi) is 14.9. The number of hydrogen-bond acceptors (Lipinski definition) is 18. The molecule has 0 bridgehead atoms. The maximum atomic E-state index is 12.7. The van der Waals surface area contributed by atoms with Gasteiger partial charge in [-0.05, 0) is 69.6 Å². The van der Waals surface area contributed by atoms with E-state index in [1.165, 1.54) is 11.6 Å². The quantitative estimate of drug-likeness (QED) is 0.0358. The van der Waals surface area contributed by atoms with Gasteiger partial charge >= 0.3 is 29.1 Å². The number of fused-ring (bicyclic) bond motifs is 3. The molecular weight excluding hydrogens is 895 g/mol. The summed E-state index contributed by atoms with van der Waals surface area (Å²) in [6.45, 7) is 7.97. The fraction of sp³-hybridized carbons (Fsp3) is 0.583. The van der Waals surface area contributed by atoms with Crippen LogP contribution in [0, 0.1) is 6.92 Å². The van der Waals surface area contributed by atoms with Crippen molar-refractivity contribution >= 4 is 63.1 Å². The fourth-order valence-corrected chi connectivity index (χ4v) is 11.5. The number of aromatic nitrogens is 4. The smallest absolute Gasteiger partial charge is 0.423 e. The second-order valence-electron chi connectivity index (χ2n) is 16.1. The van der Waals surface area contributed by atoms with Gasteiger partial charge in [-0.2, -0.15) is 13.6 Å². The number of aliphatic hydroxyl groups excluding tert-OH is 2. The predicted molar refractivity (Wildman–Crippen MR) is 224 cm³/mol. The Hall–Kier alpha value is -3.86. The van der Waals surface area contributed by atoms with Crippen molar-refractivity contribution in [3.63, 3.8) is 0 Å². The molecule has 2 aliphatic rings. The van der Waals surface area contributed by atoms with Gasteiger partial charge in [0.05, 0.1) is 19.5 Å². The van der Waals surface area contributed by atoms with E-state index in [-0.39, 0.29) is 40.9 Å². The Morgan fingerprint density at radius 3 is 2.43 bits per heavy atom. The minimum atomic E-state index is -5.80. The van der Waals surface area contributed by atoms with Crippen LogP contribution < -0.4 is 27.1 Å². The number of aryl methyl sites for hydroxylation is 1. The lowest BCUT2D eigenvalue weighted by Crippen LogP contribution is -2.49. The first-order valence-corrected chi connectivity index (χ1v) is 24.5. The Morgan fingerprint density at radius 1 is 1.00 bits per heavy atom. The first-order chi connectivity index (χ1) is 29.5. The Balaban J connectivity index is 0.864. The van der Waals surface area contributed by atoms with Crippen molar-refractivity contribution in [1.29, 1.82) is 0 Å². The number of rotatable bonds is 20. The monoisotopic (exact) mass is 947 g/mol. The molecule has 8 atom stereocenters. The molecule has 1 fully saturated rings. The number of aliphatic hydroxyl groups is 2. The van der Waals surface area contributed by atoms with Gasteiger partial charge in [0.2, 0.25) is 11.9 Å². The number of nitrogens with two attached hydrogens (primary N) is 1. The maximum Gasteiger partial charge on any atom is 0.490 e. The fourth-order valence-electron chi connectivity index (χ4n) is 7.91. The Labute approximate surface area is 359 Å². The molecule has 1 amide bonds. The number of nitrogens with one attached hydrogen (secondary N) is 2. The summed E-state index contributed by atoms with van der Waals surface area (Å²) in [4.78, 5) is 79.0. The van der Waals surface area contributed by atoms with E-state index in [0.29, 0.717) is 50.8 Å². The molecule has 9 N–H and O–H groups in total. The zero-order chi connectivity index (χ0) is 46.1. The largest absolute Gasteiger partial charge is 0.490 e. The van der Waals surface area contributed by atoms with Gasteiger partial charge in [-0.3, -0.25) is 28.2 Å². The lowest BCUT2D eigenvalue weighted by molar-refractivity contribution is -0.121. The van der Waals surface area contributed by atoms with Gasteiger partial charge in [-0.15, -0.1) is 0 Å². The highest BCUT2D eigenvalue weighted by Crippen LogP contribution is 2.67. The first-order valence-electron chi connectivity index (χ1n) is 20.0. The molecule has 4 aromatic rings. The van der Waals surface area contributed by atoms with E-state index >= 15 is 0 Å². The van der Waals surface area contributed by atoms with Crippen LogP contribution in [-0.2, 0) is 40.9 Å². The zero-order valence-corrected chi connectivity index (χ0v) is 37.5. The normalized spacial score (nSPS) is 23.9. The maximum absolute atomic E-state index is 12.7. The summed E-state index contributed by atoms with van der Waals surface area (Å²) >= 11 is 0. The summed E-state index contributed by atoms with van der Waals surface area (Å²) in [7, 11) is -16.7. The number of phosphoric acid groups is 3. The molecule has 5 heterocycles. The average Bonchev–Trinajstić information content (AvgIpc) is 3.70. The van der Waals surface area contributed by atoms with Crippen molar-refractivity contribution in [3.8, 4) is 0 Å². The standard InChI is InChI=1S/C36H52N7O17P3/c1-20-14-28(45)57-25-16-24-22(15-23(20)25)21(2)17-36(3,4)43(24)12-9-10-27(44)38-11-7-5-6-8-13-55-61(49,50)59-63(53,54)60-62(51,52)56-18-26-30(46)31(47)34(58-26)42-19-39-29-32(42)40-35(37)41-33(29)48/h14-16,19,21,26,30-31,34,46-47H,5-13,17-18H2,1-4H3,(H,38,44)(H,49,50)(H,51,52)(H,53,54)(H3,37,40,41,48)/t21?,26-,30-,31-,34-/m1/s1. The number of aromatic amines is 1. The molecule has 348 valence electrons. The number of carbonyl (C=O) groups excluding carboxylic acids is 1. The van der Waals surface area contributed by atoms with E-state index in [2.05, 4.69) is 65.2 Å². The van der Waals surface area contributed by atoms with Gasteiger partial charge in [-0.1, -0.05) is 19.8 Å². The molecule has 4 unspecified atom stereocenters. The number of anilines is 2. The second kappa shape index (κ2) is 19.3. The molecule has 1 saturated heterocycles. The van der Waals surface area contributed by atoms with Gasteiger partial charge in [0.1, 0.15) is 23.9 Å². The average molecular weight is 948 g/mol. The van der Waals surface area contributed by atoms with Crippen molar-refractivity contribution in [1.82, 2.24) is 24.8 Å². The van der Waals surface area contributed by atoms with E-state index in [0.717, 1.165) is 34.0 Å². The summed E-state index contributed by atoms with van der Waals surface area (Å²) in [6.07, 6.45) is -1.76. The molecule has 2 aliphatic heterocycles. The van der Waals surface area contributed by atoms with Gasteiger partial charge in [-0.25, -0.2) is 23.5 Å². The molecule has 63 heavy (non-hydrogen) atoms. The zero-order valence-electron chi connectivity index (χ0n) is 34.8. The van der Waals surface area contributed by atoms with Crippen LogP contribution in [0.3, 0.4) is 0 Å². The molecule has 1 aromatic carbocycles. The van der Waals surface area contributed by atoms with Crippen molar-refractivity contribution in [2.45, 2.75) is 109 Å². The number of imidazole rings is 1. The number of nitrogen functional groups attached to an aromatic ring is 1. The number of ether oxygens (including phenoxy) is 1. The number of amides is 1. The van der Waals surface area contributed by atoms with Crippen molar-refractivity contribution in [3.05, 3.63) is 56.4 Å². The van der Waals surface area contributed by atoms with Gasteiger partial charge in [0.25, 0.3) is 5.56 Å². The highest BCUT2D eigenvalue weighted by Gasteiger charge is 2.47. The third-order valence-corrected chi connectivity index (χ3v) is 15.1. The van der Waals surface area contributed by atoms with Crippen molar-refractivity contribution in [2.75, 3.05) is 36.9 Å². The van der Waals surface area contributed by atoms with Gasteiger partial charge < -0.3 is 50.0 Å². The molecular formula is C36H52N7O17P3. The number of phosphoric ester groups is 2. The Bertz CT molecular complexity index is 2580. The number of unbranched alkanes of at least 4 members (excludes halogenated alkanes) is 3. The summed E-state index contributed by atoms with van der Waals surface area (Å²) < 4.78 is 66.8. The lowest BCUT2D eigenvalue weighted by Gasteiger charge is -2.47. The highest BCUT2D eigenvalue weighted by molar-refractivity contribution is 7.66. The number of H-pyrrole nitrogens is 1. The van der Waals surface area contributed by atoms with E-state index in [9.17, 15) is 53.0 Å². The molecule has 0 saturated carbocycles. The third-order valence-electron chi connectivity index (χ3n) is 10.8. The van der Waals surface area contributed by atoms with Crippen molar-refractivity contribution in [2.24, 2.45) is 0 Å². The minimum Gasteiger partial charge on any atom is -0.423 e. The molecule has 3 aromatic heterocycles. The lowest BCUT2D eigenvalue weighted by atomic mass is 9.79. The van der Waals surface area contributed by atoms with Crippen LogP contribution in [0.25, 0.3) is 22.1 Å². The molecule has 27 heteroatoms. The number of benzene rings is 1. The van der Waals surface area contributed by atoms with Crippen LogP contribution in [0.2, 0.25) is 0 Å². The second-order valence-corrected chi connectivity index (χ2v) is 20.7. The summed E-state index contributed by atoms with van der Waals surface area (Å²) in [6, 6.07) is 5.52. The highest BCUT2D eigenvalue weighted by atomic mass is 31.3. The van der Waals surface area contributed by atoms with Crippen LogP contribution in [0.4, 0.5) is 11.6 Å². The summed E-state index contributed by atoms with van der Waals surface area (Å²) in [5.74, 6) is -0.110. The predicted octanol–water partition coefficient (Wildman–Crippen LogP) is 3.35. The third kappa shape index (κ3) is 11.9. The molecule has 24 nitrogen and oxygen atoms in total. The van der Waals surface area contributed by atoms with Crippen LogP contribution in [0.15, 0.2) is 38.5 Å². The SMILES string of the molecule is Cc1cc(=O)oc2cc3c(cc12)C(C)CC(C)(C)N3CCCC(=O)NCCCCCCOP(=O)(O)OP(=O)(O)OP(=O)(O)OC[C@H]1O[C@@H](n2cnc3c(=O)[nH]c(N)nc32)[C@H](O)[C@@H]1O. The molecule has 0 radical (unpaired) electrons. The van der Waals surface area contributed by atoms with Crippen molar-refractivity contribution < 1.29 is 70.2 Å². The van der Waals surface area contributed by atoms with E-state index in [1.807, 2.05) is 13.0 Å².